The molecule has 0 saturated carbocycles. The molecule has 3 aromatic heterocycles. The minimum absolute atomic E-state index is 1.10. The van der Waals surface area contributed by atoms with E-state index in [9.17, 15) is 0 Å². The summed E-state index contributed by atoms with van der Waals surface area (Å²) in [5.74, 6) is 0. The van der Waals surface area contributed by atoms with Crippen molar-refractivity contribution >= 4 is 144 Å². The molecule has 0 fully saturated rings. The van der Waals surface area contributed by atoms with Gasteiger partial charge in [-0.25, -0.2) is 0 Å². The summed E-state index contributed by atoms with van der Waals surface area (Å²) in [7, 11) is -1.42. The average molecular weight is 926 g/mol. The maximum absolute atomic E-state index is 5.92. The van der Waals surface area contributed by atoms with Crippen molar-refractivity contribution < 1.29 is 0 Å². The third-order valence-electron chi connectivity index (χ3n) is 9.26. The molecule has 242 valence electrons. The Morgan fingerprint density at radius 2 is 1.02 bits per heavy atom. The van der Waals surface area contributed by atoms with Gasteiger partial charge in [0, 0.05) is 61.0 Å². The SMILES string of the molecule is ICPI.[2H]B([3H])[3H].c1ccc(-n2c3ccc(-c4cccc5c4sc4ccccc45)cc3c3cc(-c4cccc5c4sc4ccccc45)ccc32)cc1. The molecule has 7 aromatic carbocycles. The highest BCUT2D eigenvalue weighted by Gasteiger charge is 2.17. The smallest absolute Gasteiger partial charge is 0.0814 e. The highest BCUT2D eigenvalue weighted by Crippen LogP contribution is 2.44. The summed E-state index contributed by atoms with van der Waals surface area (Å²) in [6.45, 7) is 0. The van der Waals surface area contributed by atoms with Crippen molar-refractivity contribution in [2.24, 2.45) is 0 Å². The summed E-state index contributed by atoms with van der Waals surface area (Å²) in [5, 5.41) is 7.88. The lowest BCUT2D eigenvalue weighted by Gasteiger charge is -2.09. The minimum Gasteiger partial charge on any atom is -0.309 e. The minimum atomic E-state index is -1.42. The van der Waals surface area contributed by atoms with Gasteiger partial charge >= 0.3 is 0 Å². The van der Waals surface area contributed by atoms with Crippen LogP contribution in [-0.2, 0) is 0 Å². The summed E-state index contributed by atoms with van der Waals surface area (Å²) in [4.78, 5) is 0. The molecule has 7 heteroatoms. The highest BCUT2D eigenvalue weighted by molar-refractivity contribution is 14.2. The first-order valence-corrected chi connectivity index (χ1v) is 23.6. The Kier molecular flexibility index (Phi) is 8.74. The van der Waals surface area contributed by atoms with E-state index in [0.717, 1.165) is 6.22 Å². The van der Waals surface area contributed by atoms with Gasteiger partial charge < -0.3 is 4.57 Å². The molecule has 10 rings (SSSR count). The van der Waals surface area contributed by atoms with Crippen molar-refractivity contribution in [2.45, 2.75) is 0 Å². The van der Waals surface area contributed by atoms with E-state index < -0.39 is 8.30 Å². The van der Waals surface area contributed by atoms with Gasteiger partial charge in [0.05, 0.1) is 19.3 Å². The van der Waals surface area contributed by atoms with Crippen molar-refractivity contribution in [1.82, 2.24) is 4.57 Å². The first-order chi connectivity index (χ1) is 26.0. The van der Waals surface area contributed by atoms with Gasteiger partial charge in [0.2, 0.25) is 0 Å². The number of aromatic nitrogens is 1. The van der Waals surface area contributed by atoms with Crippen LogP contribution >= 0.6 is 73.5 Å². The average Bonchev–Trinajstić information content (AvgIpc) is 3.87. The van der Waals surface area contributed by atoms with Crippen LogP contribution in [0, 0.1) is 0 Å². The maximum atomic E-state index is 5.92. The van der Waals surface area contributed by atoms with Crippen molar-refractivity contribution in [3.8, 4) is 27.9 Å². The van der Waals surface area contributed by atoms with Crippen LogP contribution in [0.1, 0.15) is 0 Å². The molecular formula is C43H31BI2NPS2. The zero-order chi connectivity index (χ0) is 36.5. The van der Waals surface area contributed by atoms with E-state index in [2.05, 4.69) is 201 Å². The number of nitrogens with zero attached hydrogens (tertiary/aromatic N) is 1. The lowest BCUT2D eigenvalue weighted by molar-refractivity contribution is 1.18. The molecule has 0 aliphatic rings. The first-order valence-electron chi connectivity index (χ1n) is 17.8. The van der Waals surface area contributed by atoms with Gasteiger partial charge in [-0.1, -0.05) is 148 Å². The molecule has 50 heavy (non-hydrogen) atoms. The van der Waals surface area contributed by atoms with E-state index in [-0.39, 0.29) is 0 Å². The van der Waals surface area contributed by atoms with Crippen molar-refractivity contribution in [3.05, 3.63) is 152 Å². The van der Waals surface area contributed by atoms with E-state index in [1.807, 2.05) is 22.7 Å². The van der Waals surface area contributed by atoms with Crippen LogP contribution in [0.15, 0.2) is 152 Å². The molecule has 10 aromatic rings. The van der Waals surface area contributed by atoms with Crippen LogP contribution in [0.25, 0.3) is 90.1 Å². The summed E-state index contributed by atoms with van der Waals surface area (Å²) >= 11 is 8.51. The van der Waals surface area contributed by atoms with Gasteiger partial charge in [-0.3, -0.25) is 0 Å². The standard InChI is InChI=1S/C42H25NS2.CH3I2P.BH3/c1-2-10-28(11-3-1)43-37-22-20-26(29-14-8-16-33-31-12-4-6-18-39(31)44-41(29)33)24-35(37)36-25-27(21-23-38(36)43)30-15-9-17-34-32-13-5-7-19-40(32)45-42(30)34;2-1-4-3;/h1-25H;4H,1H2;1H3/i;;1T2D. The number of hydrogen-bond donors (Lipinski definition) is 0. The fraction of sp³-hybridized carbons (Fsp3) is 0.0233. The molecule has 1 nitrogen and oxygen atoms in total. The second-order valence-electron chi connectivity index (χ2n) is 12.0. The molecule has 0 amide bonds. The Balaban J connectivity index is 0.000000458. The number of benzene rings is 7. The molecule has 1 unspecified atom stereocenters. The number of rotatable bonds is 4. The Bertz CT molecular complexity index is 2710. The fourth-order valence-corrected chi connectivity index (χ4v) is 9.64. The third-order valence-corrected chi connectivity index (χ3v) is 18.5. The fourth-order valence-electron chi connectivity index (χ4n) is 7.16. The zero-order valence-electron chi connectivity index (χ0n) is 29.7. The number of halogens is 2. The van der Waals surface area contributed by atoms with E-state index >= 15 is 0 Å². The van der Waals surface area contributed by atoms with Crippen LogP contribution in [0.5, 0.6) is 0 Å². The van der Waals surface area contributed by atoms with Gasteiger partial charge in [0.1, 0.15) is 0 Å². The van der Waals surface area contributed by atoms with E-state index in [1.54, 1.807) is 0 Å². The first kappa shape index (κ1) is 30.4. The Hall–Kier alpha value is -3.27. The Morgan fingerprint density at radius 1 is 0.580 bits per heavy atom. The third kappa shape index (κ3) is 5.77. The molecule has 0 bridgehead atoms. The molecule has 0 radical (unpaired) electrons. The number of alkyl halides is 1. The second kappa shape index (κ2) is 14.4. The monoisotopic (exact) mass is 926 g/mol. The molecule has 0 aliphatic heterocycles. The van der Waals surface area contributed by atoms with Crippen LogP contribution in [0.2, 0.25) is 0 Å². The van der Waals surface area contributed by atoms with Crippen molar-refractivity contribution in [1.29, 1.82) is 4.01 Å². The molecule has 3 heterocycles. The van der Waals surface area contributed by atoms with Crippen molar-refractivity contribution in [3.63, 3.8) is 0 Å². The van der Waals surface area contributed by atoms with Crippen LogP contribution < -0.4 is 0 Å². The summed E-state index contributed by atoms with van der Waals surface area (Å²) in [6, 6.07) is 55.8. The number of hydrogen-bond acceptors (Lipinski definition) is 2. The number of fused-ring (bicyclic) bond motifs is 9. The van der Waals surface area contributed by atoms with Crippen LogP contribution in [0.4, 0.5) is 0 Å². The van der Waals surface area contributed by atoms with Gasteiger partial charge in [0.15, 0.2) is 0 Å². The Labute approximate surface area is 333 Å². The number of thiophene rings is 2. The van der Waals surface area contributed by atoms with Crippen LogP contribution in [0.3, 0.4) is 0 Å². The predicted octanol–water partition coefficient (Wildman–Crippen LogP) is 14.1. The van der Waals surface area contributed by atoms with Gasteiger partial charge in [-0.2, -0.15) is 0 Å². The second-order valence-corrected chi connectivity index (χ2v) is 19.2. The molecule has 0 aliphatic carbocycles. The van der Waals surface area contributed by atoms with E-state index in [1.165, 1.54) is 94.3 Å². The zero-order valence-corrected chi connectivity index (χ0v) is 33.7. The van der Waals surface area contributed by atoms with Gasteiger partial charge in [0.25, 0.3) is 0 Å². The largest absolute Gasteiger partial charge is 0.309 e. The quantitative estimate of drug-likeness (QED) is 0.0717. The predicted molar refractivity (Wildman–Crippen MR) is 249 cm³/mol. The molecule has 0 saturated heterocycles. The normalized spacial score (nSPS) is 12.2. The van der Waals surface area contributed by atoms with Crippen LogP contribution in [-0.4, -0.2) is 21.0 Å². The van der Waals surface area contributed by atoms with Crippen molar-refractivity contribution in [2.75, 3.05) is 4.17 Å². The summed E-state index contributed by atoms with van der Waals surface area (Å²) in [6.07, 6.45) is 1.10. The highest BCUT2D eigenvalue weighted by atomic mass is 127. The summed E-state index contributed by atoms with van der Waals surface area (Å²) < 4.78 is 26.8. The molecule has 0 N–H and O–H groups in total. The molecule has 0 spiro atoms. The van der Waals surface area contributed by atoms with Gasteiger partial charge in [-0.15, -0.1) is 22.7 Å². The summed E-state index contributed by atoms with van der Waals surface area (Å²) in [5.41, 5.74) is 8.72. The Morgan fingerprint density at radius 3 is 1.50 bits per heavy atom. The van der Waals surface area contributed by atoms with E-state index in [4.69, 9.17) is 4.01 Å². The lowest BCUT2D eigenvalue weighted by Crippen LogP contribution is -1.93. The van der Waals surface area contributed by atoms with Gasteiger partial charge in [-0.05, 0) is 81.0 Å². The van der Waals surface area contributed by atoms with E-state index in [0.29, 0.717) is 0 Å². The number of para-hydroxylation sites is 1. The molecule has 1 atom stereocenters. The topological polar surface area (TPSA) is 4.93 Å². The molecular weight excluding hydrogens is 890 g/mol. The lowest BCUT2D eigenvalue weighted by atomic mass is 9.98. The maximum Gasteiger partial charge on any atom is 0.0814 e.